The first-order valence-corrected chi connectivity index (χ1v) is 6.83. The fourth-order valence-corrected chi connectivity index (χ4v) is 2.59. The fourth-order valence-electron chi connectivity index (χ4n) is 2.59. The van der Waals surface area contributed by atoms with E-state index in [1.54, 1.807) is 0 Å². The molecular weight excluding hydrogens is 244 g/mol. The summed E-state index contributed by atoms with van der Waals surface area (Å²) in [6.07, 6.45) is 3.45. The van der Waals surface area contributed by atoms with Crippen LogP contribution < -0.4 is 5.32 Å². The van der Waals surface area contributed by atoms with Gasteiger partial charge in [0.15, 0.2) is 0 Å². The Morgan fingerprint density at radius 3 is 2.37 bits per heavy atom. The van der Waals surface area contributed by atoms with E-state index in [0.717, 1.165) is 12.8 Å². The van der Waals surface area contributed by atoms with Gasteiger partial charge in [0.1, 0.15) is 5.41 Å². The van der Waals surface area contributed by atoms with E-state index >= 15 is 0 Å². The third-order valence-electron chi connectivity index (χ3n) is 3.72. The SMILES string of the molecule is CC(C)CC(CNC(=O)C1(C#N)CCCC1)C(=O)O. The molecule has 5 heteroatoms. The molecule has 1 aliphatic carbocycles. The number of nitriles is 1. The van der Waals surface area contributed by atoms with Crippen LogP contribution in [-0.2, 0) is 9.59 Å². The number of aliphatic carboxylic acids is 1. The van der Waals surface area contributed by atoms with Crippen molar-refractivity contribution in [2.24, 2.45) is 17.3 Å². The number of nitrogens with zero attached hydrogens (tertiary/aromatic N) is 1. The standard InChI is InChI=1S/C14H22N2O3/c1-10(2)7-11(12(17)18)8-16-13(19)14(9-15)5-3-4-6-14/h10-11H,3-8H2,1-2H3,(H,16,19)(H,17,18). The molecule has 2 N–H and O–H groups in total. The lowest BCUT2D eigenvalue weighted by atomic mass is 9.86. The average Bonchev–Trinajstić information content (AvgIpc) is 2.83. The molecule has 19 heavy (non-hydrogen) atoms. The van der Waals surface area contributed by atoms with Crippen LogP contribution in [0.4, 0.5) is 0 Å². The van der Waals surface area contributed by atoms with Crippen molar-refractivity contribution in [3.8, 4) is 6.07 Å². The molecule has 1 saturated carbocycles. The average molecular weight is 266 g/mol. The van der Waals surface area contributed by atoms with Crippen LogP contribution in [0.3, 0.4) is 0 Å². The first-order valence-electron chi connectivity index (χ1n) is 6.83. The number of carboxylic acid groups (broad SMARTS) is 1. The first-order chi connectivity index (χ1) is 8.91. The largest absolute Gasteiger partial charge is 0.481 e. The van der Waals surface area contributed by atoms with Crippen molar-refractivity contribution >= 4 is 11.9 Å². The summed E-state index contributed by atoms with van der Waals surface area (Å²) in [4.78, 5) is 23.2. The Morgan fingerprint density at radius 2 is 1.95 bits per heavy atom. The highest BCUT2D eigenvalue weighted by Crippen LogP contribution is 2.37. The summed E-state index contributed by atoms with van der Waals surface area (Å²) in [5, 5.41) is 20.9. The maximum absolute atomic E-state index is 12.1. The van der Waals surface area contributed by atoms with Gasteiger partial charge in [0.25, 0.3) is 0 Å². The second kappa shape index (κ2) is 6.55. The Hall–Kier alpha value is -1.57. The van der Waals surface area contributed by atoms with Gasteiger partial charge in [-0.3, -0.25) is 9.59 Å². The number of carbonyl (C=O) groups is 2. The van der Waals surface area contributed by atoms with Crippen LogP contribution in [0.2, 0.25) is 0 Å². The Balaban J connectivity index is 2.57. The molecule has 0 saturated heterocycles. The molecule has 0 aromatic rings. The van der Waals surface area contributed by atoms with Gasteiger partial charge in [0.2, 0.25) is 5.91 Å². The van der Waals surface area contributed by atoms with Crippen molar-refractivity contribution in [1.82, 2.24) is 5.32 Å². The minimum Gasteiger partial charge on any atom is -0.481 e. The first kappa shape index (κ1) is 15.5. The number of nitrogens with one attached hydrogen (secondary N) is 1. The number of hydrogen-bond acceptors (Lipinski definition) is 3. The molecule has 0 aliphatic heterocycles. The van der Waals surface area contributed by atoms with Gasteiger partial charge < -0.3 is 10.4 Å². The van der Waals surface area contributed by atoms with Crippen molar-refractivity contribution in [2.75, 3.05) is 6.54 Å². The lowest BCUT2D eigenvalue weighted by molar-refractivity contribution is -0.142. The van der Waals surface area contributed by atoms with Crippen molar-refractivity contribution in [1.29, 1.82) is 5.26 Å². The second-order valence-electron chi connectivity index (χ2n) is 5.78. The van der Waals surface area contributed by atoms with Crippen molar-refractivity contribution in [3.63, 3.8) is 0 Å². The van der Waals surface area contributed by atoms with Crippen LogP contribution in [0, 0.1) is 28.6 Å². The van der Waals surface area contributed by atoms with Crippen LogP contribution >= 0.6 is 0 Å². The molecule has 0 aromatic carbocycles. The highest BCUT2D eigenvalue weighted by atomic mass is 16.4. The zero-order valence-electron chi connectivity index (χ0n) is 11.6. The molecule has 0 radical (unpaired) electrons. The van der Waals surface area contributed by atoms with Gasteiger partial charge in [-0.05, 0) is 25.2 Å². The minimum absolute atomic E-state index is 0.107. The molecule has 5 nitrogen and oxygen atoms in total. The van der Waals surface area contributed by atoms with Gasteiger partial charge in [-0.1, -0.05) is 26.7 Å². The molecule has 0 aromatic heterocycles. The minimum atomic E-state index is -0.930. The predicted octanol–water partition coefficient (Wildman–Crippen LogP) is 1.93. The second-order valence-corrected chi connectivity index (χ2v) is 5.78. The summed E-state index contributed by atoms with van der Waals surface area (Å²) in [6.45, 7) is 4.01. The van der Waals surface area contributed by atoms with Crippen LogP contribution in [-0.4, -0.2) is 23.5 Å². The summed E-state index contributed by atoms with van der Waals surface area (Å²) < 4.78 is 0. The van der Waals surface area contributed by atoms with Crippen LogP contribution in [0.25, 0.3) is 0 Å². The van der Waals surface area contributed by atoms with Crippen molar-refractivity contribution in [2.45, 2.75) is 46.0 Å². The quantitative estimate of drug-likeness (QED) is 0.768. The van der Waals surface area contributed by atoms with E-state index in [1.165, 1.54) is 0 Å². The third kappa shape index (κ3) is 3.95. The van der Waals surface area contributed by atoms with Gasteiger partial charge in [0.05, 0.1) is 12.0 Å². The number of carboxylic acids is 1. The molecule has 1 unspecified atom stereocenters. The van der Waals surface area contributed by atoms with E-state index in [9.17, 15) is 14.9 Å². The maximum Gasteiger partial charge on any atom is 0.308 e. The van der Waals surface area contributed by atoms with E-state index in [-0.39, 0.29) is 18.4 Å². The highest BCUT2D eigenvalue weighted by Gasteiger charge is 2.41. The number of hydrogen-bond donors (Lipinski definition) is 2. The molecule has 1 atom stereocenters. The van der Waals surface area contributed by atoms with Gasteiger partial charge in [-0.25, -0.2) is 0 Å². The molecule has 1 amide bonds. The Labute approximate surface area is 114 Å². The van der Waals surface area contributed by atoms with E-state index in [2.05, 4.69) is 11.4 Å². The van der Waals surface area contributed by atoms with Crippen LogP contribution in [0.15, 0.2) is 0 Å². The van der Waals surface area contributed by atoms with Crippen molar-refractivity contribution in [3.05, 3.63) is 0 Å². The molecule has 0 spiro atoms. The zero-order valence-corrected chi connectivity index (χ0v) is 11.6. The topological polar surface area (TPSA) is 90.2 Å². The Kier molecular flexibility index (Phi) is 5.34. The van der Waals surface area contributed by atoms with E-state index in [1.807, 2.05) is 13.8 Å². The maximum atomic E-state index is 12.1. The number of rotatable bonds is 6. The lowest BCUT2D eigenvalue weighted by Gasteiger charge is -2.21. The third-order valence-corrected chi connectivity index (χ3v) is 3.72. The molecular formula is C14H22N2O3. The van der Waals surface area contributed by atoms with Gasteiger partial charge >= 0.3 is 5.97 Å². The summed E-state index contributed by atoms with van der Waals surface area (Å²) in [7, 11) is 0. The normalized spacial score (nSPS) is 18.8. The summed E-state index contributed by atoms with van der Waals surface area (Å²) in [6, 6.07) is 2.11. The smallest absolute Gasteiger partial charge is 0.308 e. The van der Waals surface area contributed by atoms with Gasteiger partial charge in [-0.2, -0.15) is 5.26 Å². The molecule has 1 fully saturated rings. The highest BCUT2D eigenvalue weighted by molar-refractivity contribution is 5.86. The molecule has 106 valence electrons. The van der Waals surface area contributed by atoms with Crippen LogP contribution in [0.5, 0.6) is 0 Å². The van der Waals surface area contributed by atoms with E-state index in [0.29, 0.717) is 19.3 Å². The number of amides is 1. The molecule has 1 aliphatic rings. The van der Waals surface area contributed by atoms with Gasteiger partial charge in [-0.15, -0.1) is 0 Å². The summed E-state index contributed by atoms with van der Waals surface area (Å²) in [5.41, 5.74) is -0.930. The molecule has 0 bridgehead atoms. The number of carbonyl (C=O) groups excluding carboxylic acids is 1. The van der Waals surface area contributed by atoms with Gasteiger partial charge in [0, 0.05) is 6.54 Å². The lowest BCUT2D eigenvalue weighted by Crippen LogP contribution is -2.42. The van der Waals surface area contributed by atoms with Crippen molar-refractivity contribution < 1.29 is 14.7 Å². The van der Waals surface area contributed by atoms with E-state index in [4.69, 9.17) is 5.11 Å². The summed E-state index contributed by atoms with van der Waals surface area (Å²) >= 11 is 0. The Morgan fingerprint density at radius 1 is 1.37 bits per heavy atom. The Bertz CT molecular complexity index is 379. The fraction of sp³-hybridized carbons (Fsp3) is 0.786. The van der Waals surface area contributed by atoms with E-state index < -0.39 is 17.3 Å². The zero-order chi connectivity index (χ0) is 14.5. The monoisotopic (exact) mass is 266 g/mol. The van der Waals surface area contributed by atoms with Crippen LogP contribution in [0.1, 0.15) is 46.0 Å². The predicted molar refractivity (Wildman–Crippen MR) is 70.1 cm³/mol. The summed E-state index contributed by atoms with van der Waals surface area (Å²) in [5.74, 6) is -1.52. The molecule has 0 heterocycles. The molecule has 1 rings (SSSR count).